The molecule has 0 radical (unpaired) electrons. The number of hydrogen-bond donors (Lipinski definition) is 3. The van der Waals surface area contributed by atoms with Crippen LogP contribution in [0.3, 0.4) is 0 Å². The Balaban J connectivity index is 0. The fraction of sp³-hybridized carbons (Fsp3) is 0.875. The predicted octanol–water partition coefficient (Wildman–Crippen LogP) is -8.96. The molecule has 13 heteroatoms. The molecule has 1 rings (SSSR count). The van der Waals surface area contributed by atoms with Crippen molar-refractivity contribution in [3.8, 4) is 0 Å². The zero-order valence-electron chi connectivity index (χ0n) is 11.7. The molecule has 0 aromatic carbocycles. The van der Waals surface area contributed by atoms with Crippen LogP contribution in [0.25, 0.3) is 0 Å². The van der Waals surface area contributed by atoms with Crippen molar-refractivity contribution in [2.24, 2.45) is 4.99 Å². The van der Waals surface area contributed by atoms with Gasteiger partial charge in [-0.3, -0.25) is 14.1 Å². The first-order valence-corrected chi connectivity index (χ1v) is 6.67. The van der Waals surface area contributed by atoms with Gasteiger partial charge in [-0.05, 0) is 12.8 Å². The Bertz CT molecular complexity index is 392. The molecule has 0 bridgehead atoms. The summed E-state index contributed by atoms with van der Waals surface area (Å²) in [6.07, 6.45) is -7.49. The van der Waals surface area contributed by atoms with Gasteiger partial charge in [-0.25, -0.2) is 4.39 Å². The van der Waals surface area contributed by atoms with Crippen LogP contribution < -0.4 is 69.1 Å². The maximum Gasteiger partial charge on any atom is 1.00 e. The van der Waals surface area contributed by atoms with Crippen molar-refractivity contribution in [3.05, 3.63) is 0 Å². The van der Waals surface area contributed by atoms with Gasteiger partial charge in [-0.1, -0.05) is 0 Å². The maximum atomic E-state index is 13.6. The normalized spacial score (nSPS) is 36.1. The molecule has 6 atom stereocenters. The Morgan fingerprint density at radius 2 is 2.05 bits per heavy atom. The number of halogens is 1. The molecule has 0 aliphatic carbocycles. The summed E-state index contributed by atoms with van der Waals surface area (Å²) in [5.41, 5.74) is 0. The first kappa shape index (κ1) is 24.6. The van der Waals surface area contributed by atoms with Crippen LogP contribution in [0.1, 0.15) is 6.92 Å². The summed E-state index contributed by atoms with van der Waals surface area (Å²) in [4.78, 5) is 22.5. The quantitative estimate of drug-likeness (QED) is 0.196. The second kappa shape index (κ2) is 10.3. The number of aliphatic hydroxyl groups excluding tert-OH is 2. The Morgan fingerprint density at radius 1 is 1.52 bits per heavy atom. The molecule has 1 aliphatic rings. The van der Waals surface area contributed by atoms with Crippen molar-refractivity contribution in [2.45, 2.75) is 37.6 Å². The third kappa shape index (κ3) is 7.67. The van der Waals surface area contributed by atoms with Crippen LogP contribution in [-0.2, 0) is 13.8 Å². The summed E-state index contributed by atoms with van der Waals surface area (Å²) in [5, 5.41) is 29.3. The summed E-state index contributed by atoms with van der Waals surface area (Å²) >= 11 is 0. The van der Waals surface area contributed by atoms with Gasteiger partial charge in [0.2, 0.25) is 0 Å². The van der Waals surface area contributed by atoms with E-state index >= 15 is 0 Å². The van der Waals surface area contributed by atoms with Gasteiger partial charge < -0.3 is 29.8 Å². The van der Waals surface area contributed by atoms with E-state index in [0.29, 0.717) is 0 Å². The van der Waals surface area contributed by atoms with Gasteiger partial charge in [0.05, 0.1) is 6.61 Å². The summed E-state index contributed by atoms with van der Waals surface area (Å²) in [5.74, 6) is -0.824. The molecule has 1 heterocycles. The van der Waals surface area contributed by atoms with E-state index in [4.69, 9.17) is 14.7 Å². The Kier molecular flexibility index (Phi) is 12.1. The molecule has 0 saturated carbocycles. The van der Waals surface area contributed by atoms with Gasteiger partial charge in [0, 0.05) is 0 Å². The molecule has 0 spiro atoms. The van der Waals surface area contributed by atoms with Gasteiger partial charge in [-0.15, -0.1) is 0 Å². The van der Waals surface area contributed by atoms with Crippen LogP contribution in [0, 0.1) is 0 Å². The molecule has 9 nitrogen and oxygen atoms in total. The van der Waals surface area contributed by atoms with Crippen LogP contribution in [0.4, 0.5) is 4.39 Å². The third-order valence-corrected chi connectivity index (χ3v) is 2.84. The SMILES string of the molecule is CC([O-])=N[C@H]1[C@@H](OP(=O)([O-])O)O[C@H](CO)[C@@H](F)[C@@H]1O.[Na+].[Na+]. The first-order valence-electron chi connectivity index (χ1n) is 5.17. The zero-order chi connectivity index (χ0) is 14.8. The fourth-order valence-electron chi connectivity index (χ4n) is 1.61. The number of nitrogens with zero attached hydrogens (tertiary/aromatic N) is 1. The second-order valence-corrected chi connectivity index (χ2v) is 5.02. The number of ether oxygens (including phenoxy) is 1. The van der Waals surface area contributed by atoms with Crippen LogP contribution in [0.5, 0.6) is 0 Å². The van der Waals surface area contributed by atoms with E-state index in [1.165, 1.54) is 0 Å². The molecule has 0 amide bonds. The van der Waals surface area contributed by atoms with Crippen molar-refractivity contribution in [3.63, 3.8) is 0 Å². The molecule has 0 aromatic heterocycles. The summed E-state index contributed by atoms with van der Waals surface area (Å²) in [6, 6.07) is -1.68. The molecule has 1 unspecified atom stereocenters. The Hall–Kier alpha value is 1.39. The van der Waals surface area contributed by atoms with E-state index in [9.17, 15) is 24.1 Å². The van der Waals surface area contributed by atoms with Crippen molar-refractivity contribution in [1.82, 2.24) is 0 Å². The molecule has 1 fully saturated rings. The number of hydrogen-bond acceptors (Lipinski definition) is 8. The number of rotatable bonds is 4. The number of aliphatic imine (C=N–C) groups is 1. The minimum Gasteiger partial charge on any atom is -0.862 e. The summed E-state index contributed by atoms with van der Waals surface area (Å²) in [6.45, 7) is 0.129. The topological polar surface area (TPSA) is 155 Å². The standard InChI is InChI=1S/C8H15FNO8P.2Na/c1-3(12)10-6-7(13)5(9)4(2-11)17-8(6)18-19(14,15)16;;/h4-8,11,13H,2H2,1H3,(H,10,12)(H2,14,15,16);;/q;2*+1/p-2/t4-,5-,6-,7+,8-;;/m1../s1. The average molecular weight is 347 g/mol. The molecule has 3 N–H and O–H groups in total. The summed E-state index contributed by atoms with van der Waals surface area (Å²) < 4.78 is 33.0. The molecule has 21 heavy (non-hydrogen) atoms. The third-order valence-electron chi connectivity index (χ3n) is 2.37. The fourth-order valence-corrected chi connectivity index (χ4v) is 2.04. The molecule has 1 aliphatic heterocycles. The largest absolute Gasteiger partial charge is 1.00 e. The van der Waals surface area contributed by atoms with Crippen molar-refractivity contribution >= 4 is 13.7 Å². The molecule has 0 aromatic rings. The monoisotopic (exact) mass is 347 g/mol. The van der Waals surface area contributed by atoms with E-state index in [0.717, 1.165) is 6.92 Å². The predicted molar refractivity (Wildman–Crippen MR) is 54.5 cm³/mol. The van der Waals surface area contributed by atoms with Crippen LogP contribution in [0.15, 0.2) is 4.99 Å². The first-order chi connectivity index (χ1) is 8.65. The molecular weight excluding hydrogens is 334 g/mol. The van der Waals surface area contributed by atoms with Crippen LogP contribution in [-0.4, -0.2) is 58.3 Å². The summed E-state index contributed by atoms with van der Waals surface area (Å²) in [7, 11) is -5.26. The minimum atomic E-state index is -5.26. The minimum absolute atomic E-state index is 0. The average Bonchev–Trinajstić information content (AvgIpc) is 2.26. The maximum absolute atomic E-state index is 13.6. The second-order valence-electron chi connectivity index (χ2n) is 3.87. The van der Waals surface area contributed by atoms with E-state index < -0.39 is 51.0 Å². The Morgan fingerprint density at radius 3 is 2.43 bits per heavy atom. The Labute approximate surface area is 164 Å². The van der Waals surface area contributed by atoms with E-state index in [-0.39, 0.29) is 59.1 Å². The van der Waals surface area contributed by atoms with E-state index in [1.807, 2.05) is 0 Å². The number of phosphoric acid groups is 1. The van der Waals surface area contributed by atoms with Crippen LogP contribution >= 0.6 is 7.82 Å². The van der Waals surface area contributed by atoms with Crippen molar-refractivity contribution < 1.29 is 102 Å². The van der Waals surface area contributed by atoms with Crippen LogP contribution in [0.2, 0.25) is 0 Å². The van der Waals surface area contributed by atoms with Gasteiger partial charge >= 0.3 is 59.1 Å². The zero-order valence-corrected chi connectivity index (χ0v) is 16.6. The number of phosphoric ester groups is 1. The van der Waals surface area contributed by atoms with Gasteiger partial charge in [-0.2, -0.15) is 0 Å². The molecule has 1 saturated heterocycles. The molecular formula is C8H13FNNa2O8P. The number of aliphatic hydroxyl groups is 2. The van der Waals surface area contributed by atoms with E-state index in [1.54, 1.807) is 0 Å². The van der Waals surface area contributed by atoms with Gasteiger partial charge in [0.1, 0.15) is 18.2 Å². The number of alkyl halides is 1. The van der Waals surface area contributed by atoms with Crippen molar-refractivity contribution in [1.29, 1.82) is 0 Å². The van der Waals surface area contributed by atoms with Gasteiger partial charge in [0.15, 0.2) is 12.5 Å². The molecule has 112 valence electrons. The van der Waals surface area contributed by atoms with E-state index in [2.05, 4.69) is 9.52 Å². The van der Waals surface area contributed by atoms with Crippen molar-refractivity contribution in [2.75, 3.05) is 6.61 Å². The van der Waals surface area contributed by atoms with Gasteiger partial charge in [0.25, 0.3) is 7.82 Å². The smallest absolute Gasteiger partial charge is 0.862 e.